The van der Waals surface area contributed by atoms with Crippen molar-refractivity contribution in [1.29, 1.82) is 0 Å². The molecule has 1 atom stereocenters. The molecule has 2 rings (SSSR count). The van der Waals surface area contributed by atoms with Gasteiger partial charge in [-0.2, -0.15) is 13.2 Å². The van der Waals surface area contributed by atoms with Crippen molar-refractivity contribution in [2.45, 2.75) is 25.4 Å². The van der Waals surface area contributed by atoms with E-state index in [1.54, 1.807) is 6.07 Å². The second-order valence-electron chi connectivity index (χ2n) is 4.47. The first-order valence-electron chi connectivity index (χ1n) is 5.78. The molecule has 0 bridgehead atoms. The lowest BCUT2D eigenvalue weighted by atomic mass is 10.0. The Kier molecular flexibility index (Phi) is 4.12. The minimum absolute atomic E-state index is 0.151. The van der Waals surface area contributed by atoms with Gasteiger partial charge in [0, 0.05) is 15.3 Å². The average molecular weight is 323 g/mol. The van der Waals surface area contributed by atoms with Crippen molar-refractivity contribution in [3.05, 3.63) is 56.5 Å². The fourth-order valence-electron chi connectivity index (χ4n) is 1.98. The summed E-state index contributed by atoms with van der Waals surface area (Å²) in [4.78, 5) is 1.86. The molecule has 0 saturated heterocycles. The number of hydrogen-bond acceptors (Lipinski definition) is 1. The van der Waals surface area contributed by atoms with E-state index < -0.39 is 22.9 Å². The lowest BCUT2D eigenvalue weighted by molar-refractivity contribution is -0.137. The number of rotatable bonds is 2. The first-order valence-corrected chi connectivity index (χ1v) is 7.03. The standard InChI is InChI=1S/C14H11ClF4S/c1-7-5-10(8(2)20-7)13(15)11-6-9(14(17,18)19)3-4-12(11)16/h3-6,13H,1-2H3. The maximum atomic E-state index is 13.8. The van der Waals surface area contributed by atoms with Gasteiger partial charge < -0.3 is 0 Å². The number of halogens is 5. The van der Waals surface area contributed by atoms with Gasteiger partial charge in [-0.3, -0.25) is 0 Å². The highest BCUT2D eigenvalue weighted by Crippen LogP contribution is 2.39. The van der Waals surface area contributed by atoms with Gasteiger partial charge in [0.2, 0.25) is 0 Å². The van der Waals surface area contributed by atoms with Crippen LogP contribution in [0.25, 0.3) is 0 Å². The summed E-state index contributed by atoms with van der Waals surface area (Å²) in [6, 6.07) is 4.08. The van der Waals surface area contributed by atoms with Crippen LogP contribution in [0.3, 0.4) is 0 Å². The number of hydrogen-bond donors (Lipinski definition) is 0. The van der Waals surface area contributed by atoms with E-state index in [2.05, 4.69) is 0 Å². The van der Waals surface area contributed by atoms with Crippen LogP contribution < -0.4 is 0 Å². The van der Waals surface area contributed by atoms with Crippen molar-refractivity contribution >= 4 is 22.9 Å². The van der Waals surface area contributed by atoms with Crippen LogP contribution in [0.5, 0.6) is 0 Å². The van der Waals surface area contributed by atoms with Crippen LogP contribution in [-0.2, 0) is 6.18 Å². The summed E-state index contributed by atoms with van der Waals surface area (Å²) < 4.78 is 51.8. The third-order valence-electron chi connectivity index (χ3n) is 2.95. The highest BCUT2D eigenvalue weighted by atomic mass is 35.5. The van der Waals surface area contributed by atoms with Gasteiger partial charge in [0.15, 0.2) is 0 Å². The first-order chi connectivity index (χ1) is 9.20. The van der Waals surface area contributed by atoms with Crippen molar-refractivity contribution in [1.82, 2.24) is 0 Å². The predicted octanol–water partition coefficient (Wildman–Crippen LogP) is 5.85. The molecular formula is C14H11ClF4S. The van der Waals surface area contributed by atoms with Crippen molar-refractivity contribution in [2.24, 2.45) is 0 Å². The number of thiophene rings is 1. The van der Waals surface area contributed by atoms with Gasteiger partial charge in [-0.25, -0.2) is 4.39 Å². The fourth-order valence-corrected chi connectivity index (χ4v) is 3.41. The second kappa shape index (κ2) is 5.37. The molecule has 0 spiro atoms. The van der Waals surface area contributed by atoms with Gasteiger partial charge in [0.05, 0.1) is 10.9 Å². The number of benzene rings is 1. The van der Waals surface area contributed by atoms with Crippen LogP contribution in [0.2, 0.25) is 0 Å². The quantitative estimate of drug-likeness (QED) is 0.480. The summed E-state index contributed by atoms with van der Waals surface area (Å²) in [5.74, 6) is -0.735. The van der Waals surface area contributed by atoms with E-state index in [9.17, 15) is 17.6 Å². The van der Waals surface area contributed by atoms with Crippen LogP contribution in [0.1, 0.15) is 31.8 Å². The predicted molar refractivity (Wildman–Crippen MR) is 72.9 cm³/mol. The molecular weight excluding hydrogens is 312 g/mol. The zero-order chi connectivity index (χ0) is 15.1. The molecule has 1 unspecified atom stereocenters. The summed E-state index contributed by atoms with van der Waals surface area (Å²) in [6.45, 7) is 3.68. The van der Waals surface area contributed by atoms with Gasteiger partial charge in [-0.15, -0.1) is 22.9 Å². The summed E-state index contributed by atoms with van der Waals surface area (Å²) in [7, 11) is 0. The minimum Gasteiger partial charge on any atom is -0.207 e. The molecule has 0 fully saturated rings. The Morgan fingerprint density at radius 3 is 2.25 bits per heavy atom. The normalized spacial score (nSPS) is 13.6. The van der Waals surface area contributed by atoms with Crippen molar-refractivity contribution in [2.75, 3.05) is 0 Å². The van der Waals surface area contributed by atoms with Gasteiger partial charge in [0.25, 0.3) is 0 Å². The Bertz CT molecular complexity index is 631. The molecule has 0 nitrogen and oxygen atoms in total. The van der Waals surface area contributed by atoms with Crippen LogP contribution >= 0.6 is 22.9 Å². The molecule has 0 aliphatic carbocycles. The van der Waals surface area contributed by atoms with Gasteiger partial charge in [0.1, 0.15) is 5.82 Å². The van der Waals surface area contributed by atoms with Crippen LogP contribution in [0, 0.1) is 19.7 Å². The monoisotopic (exact) mass is 322 g/mol. The molecule has 6 heteroatoms. The molecule has 0 aliphatic heterocycles. The van der Waals surface area contributed by atoms with E-state index in [0.29, 0.717) is 11.6 Å². The van der Waals surface area contributed by atoms with Crippen LogP contribution in [0.15, 0.2) is 24.3 Å². The van der Waals surface area contributed by atoms with E-state index in [0.717, 1.165) is 21.9 Å². The zero-order valence-corrected chi connectivity index (χ0v) is 12.3. The Balaban J connectivity index is 2.49. The number of aryl methyl sites for hydroxylation is 2. The van der Waals surface area contributed by atoms with Gasteiger partial charge in [-0.05, 0) is 43.7 Å². The lowest BCUT2D eigenvalue weighted by Gasteiger charge is -2.14. The van der Waals surface area contributed by atoms with Crippen molar-refractivity contribution in [3.8, 4) is 0 Å². The van der Waals surface area contributed by atoms with E-state index >= 15 is 0 Å². The van der Waals surface area contributed by atoms with Crippen LogP contribution in [0.4, 0.5) is 17.6 Å². The summed E-state index contributed by atoms with van der Waals surface area (Å²) in [6.07, 6.45) is -4.52. The third kappa shape index (κ3) is 2.99. The summed E-state index contributed by atoms with van der Waals surface area (Å²) >= 11 is 7.66. The summed E-state index contributed by atoms with van der Waals surface area (Å²) in [5, 5.41) is -0.928. The van der Waals surface area contributed by atoms with Crippen molar-refractivity contribution < 1.29 is 17.6 Å². The molecule has 1 heterocycles. The highest BCUT2D eigenvalue weighted by Gasteiger charge is 2.32. The Hall–Kier alpha value is -1.07. The maximum absolute atomic E-state index is 13.8. The molecule has 0 radical (unpaired) electrons. The molecule has 1 aromatic carbocycles. The summed E-state index contributed by atoms with van der Waals surface area (Å²) in [5.41, 5.74) is -0.404. The van der Waals surface area contributed by atoms with Gasteiger partial charge >= 0.3 is 6.18 Å². The topological polar surface area (TPSA) is 0 Å². The molecule has 108 valence electrons. The largest absolute Gasteiger partial charge is 0.416 e. The van der Waals surface area contributed by atoms with Crippen LogP contribution in [-0.4, -0.2) is 0 Å². The minimum atomic E-state index is -4.52. The van der Waals surface area contributed by atoms with Gasteiger partial charge in [-0.1, -0.05) is 0 Å². The molecule has 0 saturated carbocycles. The lowest BCUT2D eigenvalue weighted by Crippen LogP contribution is -2.07. The second-order valence-corrected chi connectivity index (χ2v) is 6.36. The van der Waals surface area contributed by atoms with Crippen molar-refractivity contribution in [3.63, 3.8) is 0 Å². The molecule has 0 N–H and O–H groups in total. The maximum Gasteiger partial charge on any atom is 0.416 e. The third-order valence-corrected chi connectivity index (χ3v) is 4.40. The fraction of sp³-hybridized carbons (Fsp3) is 0.286. The first kappa shape index (κ1) is 15.3. The molecule has 2 aromatic rings. The van der Waals surface area contributed by atoms with E-state index in [-0.39, 0.29) is 5.56 Å². The zero-order valence-electron chi connectivity index (χ0n) is 10.7. The molecule has 20 heavy (non-hydrogen) atoms. The Labute approximate surface area is 123 Å². The highest BCUT2D eigenvalue weighted by molar-refractivity contribution is 7.12. The SMILES string of the molecule is Cc1cc(C(Cl)c2cc(C(F)(F)F)ccc2F)c(C)s1. The van der Waals surface area contributed by atoms with E-state index in [1.807, 2.05) is 13.8 Å². The van der Waals surface area contributed by atoms with E-state index in [1.165, 1.54) is 11.3 Å². The smallest absolute Gasteiger partial charge is 0.207 e. The average Bonchev–Trinajstić information content (AvgIpc) is 2.66. The Morgan fingerprint density at radius 1 is 1.10 bits per heavy atom. The van der Waals surface area contributed by atoms with E-state index in [4.69, 9.17) is 11.6 Å². The Morgan fingerprint density at radius 2 is 1.75 bits per heavy atom. The molecule has 1 aromatic heterocycles. The molecule has 0 aliphatic rings. The number of alkyl halides is 4. The molecule has 0 amide bonds.